The first-order chi connectivity index (χ1) is 14.1. The molecule has 4 nitrogen and oxygen atoms in total. The molecule has 3 aromatic rings. The minimum Gasteiger partial charge on any atom is -0.493 e. The molecule has 0 fully saturated rings. The molecule has 0 unspecified atom stereocenters. The Hall–Kier alpha value is -3.11. The maximum atomic E-state index is 11.5. The van der Waals surface area contributed by atoms with Crippen LogP contribution in [0.2, 0.25) is 0 Å². The van der Waals surface area contributed by atoms with Crippen molar-refractivity contribution in [2.45, 2.75) is 26.5 Å². The van der Waals surface area contributed by atoms with Gasteiger partial charge in [-0.15, -0.1) is 12.4 Å². The summed E-state index contributed by atoms with van der Waals surface area (Å²) >= 11 is 0. The van der Waals surface area contributed by atoms with Crippen molar-refractivity contribution >= 4 is 23.9 Å². The number of aliphatic imine (C=N–C) groups is 1. The quantitative estimate of drug-likeness (QED) is 0.477. The molecule has 0 spiro atoms. The van der Waals surface area contributed by atoms with E-state index < -0.39 is 0 Å². The van der Waals surface area contributed by atoms with Gasteiger partial charge >= 0.3 is 0 Å². The molecule has 1 heterocycles. The van der Waals surface area contributed by atoms with Crippen molar-refractivity contribution in [2.75, 3.05) is 7.11 Å². The second-order valence-electron chi connectivity index (χ2n) is 7.13. The Balaban J connectivity index is 0.00000256. The third-order valence-corrected chi connectivity index (χ3v) is 5.11. The highest BCUT2D eigenvalue weighted by atomic mass is 35.5. The molecule has 0 N–H and O–H groups in total. The van der Waals surface area contributed by atoms with Crippen LogP contribution in [0.1, 0.15) is 39.5 Å². The topological polar surface area (TPSA) is 47.9 Å². The number of nitrogens with zero attached hydrogens (tertiary/aromatic N) is 1. The molecule has 1 aliphatic rings. The first-order valence-corrected chi connectivity index (χ1v) is 9.65. The minimum absolute atomic E-state index is 0. The number of ketones is 1. The molecule has 0 aromatic heterocycles. The van der Waals surface area contributed by atoms with Crippen LogP contribution in [0.3, 0.4) is 0 Å². The lowest BCUT2D eigenvalue weighted by Crippen LogP contribution is -2.05. The Morgan fingerprint density at radius 1 is 0.967 bits per heavy atom. The van der Waals surface area contributed by atoms with Gasteiger partial charge in [0.2, 0.25) is 0 Å². The lowest BCUT2D eigenvalue weighted by atomic mass is 9.98. The molecule has 0 aliphatic carbocycles. The van der Waals surface area contributed by atoms with Gasteiger partial charge in [-0.3, -0.25) is 9.79 Å². The number of hydrogen-bond acceptors (Lipinski definition) is 4. The van der Waals surface area contributed by atoms with E-state index in [9.17, 15) is 4.79 Å². The van der Waals surface area contributed by atoms with Crippen molar-refractivity contribution in [1.29, 1.82) is 0 Å². The normalized spacial score (nSPS) is 11.9. The zero-order chi connectivity index (χ0) is 20.2. The van der Waals surface area contributed by atoms with Crippen molar-refractivity contribution in [2.24, 2.45) is 4.99 Å². The molecule has 30 heavy (non-hydrogen) atoms. The lowest BCUT2D eigenvalue weighted by molar-refractivity contribution is 0.101. The van der Waals surface area contributed by atoms with E-state index >= 15 is 0 Å². The van der Waals surface area contributed by atoms with Gasteiger partial charge in [-0.25, -0.2) is 0 Å². The highest BCUT2D eigenvalue weighted by Gasteiger charge is 2.20. The van der Waals surface area contributed by atoms with E-state index in [0.717, 1.165) is 45.7 Å². The third-order valence-electron chi connectivity index (χ3n) is 5.11. The van der Waals surface area contributed by atoms with Crippen LogP contribution in [-0.4, -0.2) is 18.6 Å². The fourth-order valence-corrected chi connectivity index (χ4v) is 3.48. The van der Waals surface area contributed by atoms with Crippen LogP contribution < -0.4 is 9.47 Å². The van der Waals surface area contributed by atoms with Crippen LogP contribution in [-0.2, 0) is 19.6 Å². The minimum atomic E-state index is 0. The van der Waals surface area contributed by atoms with Gasteiger partial charge in [0.1, 0.15) is 6.61 Å². The molecule has 0 atom stereocenters. The molecule has 0 saturated heterocycles. The van der Waals surface area contributed by atoms with Crippen molar-refractivity contribution in [3.63, 3.8) is 0 Å². The number of methoxy groups -OCH3 is 1. The molecule has 0 amide bonds. The Labute approximate surface area is 183 Å². The van der Waals surface area contributed by atoms with Gasteiger partial charge in [-0.1, -0.05) is 54.6 Å². The number of benzene rings is 3. The van der Waals surface area contributed by atoms with Crippen LogP contribution in [0.25, 0.3) is 0 Å². The summed E-state index contributed by atoms with van der Waals surface area (Å²) in [6.45, 7) is 2.71. The Morgan fingerprint density at radius 3 is 2.37 bits per heavy atom. The molecule has 5 heteroatoms. The summed E-state index contributed by atoms with van der Waals surface area (Å²) in [6, 6.07) is 21.9. The zero-order valence-corrected chi connectivity index (χ0v) is 17.9. The Bertz CT molecular complexity index is 1060. The molecule has 0 saturated carbocycles. The summed E-state index contributed by atoms with van der Waals surface area (Å²) in [5.41, 5.74) is 6.24. The van der Waals surface area contributed by atoms with Gasteiger partial charge < -0.3 is 9.47 Å². The van der Waals surface area contributed by atoms with Gasteiger partial charge in [0.15, 0.2) is 17.3 Å². The molecule has 4 rings (SSSR count). The molecular weight excluding hydrogens is 398 g/mol. The fourth-order valence-electron chi connectivity index (χ4n) is 3.48. The standard InChI is InChI=1S/C25H23NO3.ClH/c1-17(27)20-10-8-18(9-11-20)12-23-22-14-24(28-2)25(13-21(22)15-26-23)29-16-19-6-4-3-5-7-19;/h3-11,13-14H,12,15-16H2,1-2H3;1H. The van der Waals surface area contributed by atoms with Crippen LogP contribution in [0.15, 0.2) is 71.7 Å². The highest BCUT2D eigenvalue weighted by Crippen LogP contribution is 2.35. The predicted molar refractivity (Wildman–Crippen MR) is 121 cm³/mol. The van der Waals surface area contributed by atoms with E-state index in [-0.39, 0.29) is 18.2 Å². The maximum Gasteiger partial charge on any atom is 0.162 e. The molecule has 154 valence electrons. The number of fused-ring (bicyclic) bond motifs is 1. The average molecular weight is 422 g/mol. The SMILES string of the molecule is COc1cc2c(cc1OCc1ccccc1)CN=C2Cc1ccc(C(C)=O)cc1.Cl. The van der Waals surface area contributed by atoms with Crippen molar-refractivity contribution < 1.29 is 14.3 Å². The summed E-state index contributed by atoms with van der Waals surface area (Å²) in [5, 5.41) is 0. The summed E-state index contributed by atoms with van der Waals surface area (Å²) in [5.74, 6) is 1.52. The zero-order valence-electron chi connectivity index (χ0n) is 17.1. The monoisotopic (exact) mass is 421 g/mol. The summed E-state index contributed by atoms with van der Waals surface area (Å²) in [4.78, 5) is 16.2. The maximum absolute atomic E-state index is 11.5. The largest absolute Gasteiger partial charge is 0.493 e. The predicted octanol–water partition coefficient (Wildman–Crippen LogP) is 5.44. The second kappa shape index (κ2) is 9.59. The fraction of sp³-hybridized carbons (Fsp3) is 0.200. The number of ether oxygens (including phenoxy) is 2. The smallest absolute Gasteiger partial charge is 0.162 e. The Morgan fingerprint density at radius 2 is 1.70 bits per heavy atom. The first-order valence-electron chi connectivity index (χ1n) is 9.65. The average Bonchev–Trinajstić information content (AvgIpc) is 3.14. The highest BCUT2D eigenvalue weighted by molar-refractivity contribution is 6.05. The van der Waals surface area contributed by atoms with E-state index in [0.29, 0.717) is 18.9 Å². The molecule has 0 bridgehead atoms. The van der Waals surface area contributed by atoms with Crippen LogP contribution in [0.4, 0.5) is 0 Å². The van der Waals surface area contributed by atoms with E-state index in [1.807, 2.05) is 66.7 Å². The van der Waals surface area contributed by atoms with Crippen LogP contribution in [0.5, 0.6) is 11.5 Å². The number of Topliss-reactive ketones (excluding diaryl/α,β-unsaturated/α-hetero) is 1. The van der Waals surface area contributed by atoms with Crippen molar-refractivity contribution in [1.82, 2.24) is 0 Å². The number of halogens is 1. The molecule has 3 aromatic carbocycles. The van der Waals surface area contributed by atoms with Gasteiger partial charge in [-0.2, -0.15) is 0 Å². The van der Waals surface area contributed by atoms with E-state index in [4.69, 9.17) is 14.5 Å². The lowest BCUT2D eigenvalue weighted by Gasteiger charge is -2.14. The second-order valence-corrected chi connectivity index (χ2v) is 7.13. The molecular formula is C25H24ClNO3. The Kier molecular flexibility index (Phi) is 6.91. The number of carbonyl (C=O) groups excluding carboxylic acids is 1. The van der Waals surface area contributed by atoms with Crippen molar-refractivity contribution in [3.8, 4) is 11.5 Å². The summed E-state index contributed by atoms with van der Waals surface area (Å²) < 4.78 is 11.6. The molecule has 1 aliphatic heterocycles. The van der Waals surface area contributed by atoms with Crippen LogP contribution >= 0.6 is 12.4 Å². The third kappa shape index (κ3) is 4.71. The van der Waals surface area contributed by atoms with Gasteiger partial charge in [-0.05, 0) is 35.7 Å². The molecule has 0 radical (unpaired) electrons. The van der Waals surface area contributed by atoms with E-state index in [2.05, 4.69) is 0 Å². The van der Waals surface area contributed by atoms with Gasteiger partial charge in [0.05, 0.1) is 13.7 Å². The number of carbonyl (C=O) groups is 1. The summed E-state index contributed by atoms with van der Waals surface area (Å²) in [7, 11) is 1.66. The number of hydrogen-bond donors (Lipinski definition) is 0. The van der Waals surface area contributed by atoms with E-state index in [1.54, 1.807) is 14.0 Å². The van der Waals surface area contributed by atoms with Gasteiger partial charge in [0, 0.05) is 23.3 Å². The van der Waals surface area contributed by atoms with Crippen molar-refractivity contribution in [3.05, 3.63) is 94.5 Å². The van der Waals surface area contributed by atoms with Gasteiger partial charge in [0.25, 0.3) is 0 Å². The van der Waals surface area contributed by atoms with Crippen LogP contribution in [0, 0.1) is 0 Å². The summed E-state index contributed by atoms with van der Waals surface area (Å²) in [6.07, 6.45) is 0.721. The van der Waals surface area contributed by atoms with E-state index in [1.165, 1.54) is 0 Å². The first kappa shape index (κ1) is 21.6. The number of rotatable bonds is 7.